The number of esters is 1. The maximum atomic E-state index is 13.0. The monoisotopic (exact) mass is 391 g/mol. The van der Waals surface area contributed by atoms with Crippen molar-refractivity contribution in [1.29, 1.82) is 0 Å². The summed E-state index contributed by atoms with van der Waals surface area (Å²) in [6.07, 6.45) is -5.21. The molecule has 0 fully saturated rings. The molecule has 4 nitrogen and oxygen atoms in total. The second kappa shape index (κ2) is 7.66. The Kier molecular flexibility index (Phi) is 5.45. The van der Waals surface area contributed by atoms with Crippen LogP contribution in [0.1, 0.15) is 46.9 Å². The topological polar surface area (TPSA) is 46.6 Å². The number of hydrogen-bond acceptors (Lipinski definition) is 3. The first kappa shape index (κ1) is 19.9. The van der Waals surface area contributed by atoms with Gasteiger partial charge in [-0.15, -0.1) is 0 Å². The summed E-state index contributed by atoms with van der Waals surface area (Å²) in [5, 5.41) is 0. The zero-order valence-electron chi connectivity index (χ0n) is 15.5. The third-order valence-electron chi connectivity index (χ3n) is 4.95. The van der Waals surface area contributed by atoms with E-state index in [2.05, 4.69) is 0 Å². The fourth-order valence-electron chi connectivity index (χ4n) is 3.43. The fraction of sp³-hybridized carbons (Fsp3) is 0.333. The van der Waals surface area contributed by atoms with E-state index in [-0.39, 0.29) is 13.0 Å². The Morgan fingerprint density at radius 3 is 2.61 bits per heavy atom. The number of hydrogen-bond donors (Lipinski definition) is 0. The van der Waals surface area contributed by atoms with Crippen LogP contribution in [0, 0.1) is 0 Å². The Balaban J connectivity index is 1.83. The molecule has 2 aromatic carbocycles. The van der Waals surface area contributed by atoms with Crippen molar-refractivity contribution in [3.8, 4) is 0 Å². The zero-order valence-corrected chi connectivity index (χ0v) is 15.5. The Bertz CT molecular complexity index is 894. The molecule has 0 saturated heterocycles. The number of benzene rings is 2. The number of amides is 1. The van der Waals surface area contributed by atoms with Crippen molar-refractivity contribution in [2.24, 2.45) is 0 Å². The van der Waals surface area contributed by atoms with Crippen molar-refractivity contribution >= 4 is 11.9 Å². The van der Waals surface area contributed by atoms with E-state index in [1.165, 1.54) is 11.0 Å². The largest absolute Gasteiger partial charge is 0.448 e. The molecule has 1 aliphatic heterocycles. The first-order valence-electron chi connectivity index (χ1n) is 8.99. The maximum Gasteiger partial charge on any atom is 0.416 e. The number of likely N-dealkylation sites (N-methyl/N-ethyl adjacent to an activating group) is 1. The molecular weight excluding hydrogens is 371 g/mol. The molecule has 0 N–H and O–H groups in total. The van der Waals surface area contributed by atoms with Crippen LogP contribution in [-0.2, 0) is 22.1 Å². The summed E-state index contributed by atoms with van der Waals surface area (Å²) < 4.78 is 44.3. The summed E-state index contributed by atoms with van der Waals surface area (Å²) >= 11 is 0. The molecule has 1 aliphatic rings. The van der Waals surface area contributed by atoms with Gasteiger partial charge in [0.15, 0.2) is 6.10 Å². The minimum absolute atomic E-state index is 0.243. The molecule has 3 rings (SSSR count). The minimum Gasteiger partial charge on any atom is -0.448 e. The third kappa shape index (κ3) is 3.88. The van der Waals surface area contributed by atoms with Crippen LogP contribution in [-0.4, -0.2) is 29.4 Å². The molecule has 2 unspecified atom stereocenters. The van der Waals surface area contributed by atoms with E-state index in [4.69, 9.17) is 4.74 Å². The van der Waals surface area contributed by atoms with Crippen LogP contribution < -0.4 is 0 Å². The molecule has 2 atom stereocenters. The van der Waals surface area contributed by atoms with Crippen molar-refractivity contribution < 1.29 is 27.5 Å². The van der Waals surface area contributed by atoms with Crippen LogP contribution in [0.3, 0.4) is 0 Å². The van der Waals surface area contributed by atoms with Gasteiger partial charge in [0.2, 0.25) is 0 Å². The van der Waals surface area contributed by atoms with Gasteiger partial charge in [0.1, 0.15) is 0 Å². The number of halogens is 3. The molecule has 0 bridgehead atoms. The minimum atomic E-state index is -4.46. The molecule has 7 heteroatoms. The number of carbonyl (C=O) groups excluding carboxylic acids is 2. The van der Waals surface area contributed by atoms with E-state index in [1.54, 1.807) is 44.2 Å². The number of alkyl halides is 3. The normalized spacial score (nSPS) is 17.5. The number of cyclic esters (lactones) is 1. The van der Waals surface area contributed by atoms with Crippen LogP contribution in [0.25, 0.3) is 0 Å². The van der Waals surface area contributed by atoms with Crippen molar-refractivity contribution in [3.63, 3.8) is 0 Å². The molecule has 0 radical (unpaired) electrons. The van der Waals surface area contributed by atoms with Crippen molar-refractivity contribution in [3.05, 3.63) is 70.8 Å². The lowest BCUT2D eigenvalue weighted by molar-refractivity contribution is -0.143. The smallest absolute Gasteiger partial charge is 0.416 e. The Morgan fingerprint density at radius 2 is 1.93 bits per heavy atom. The molecule has 2 aromatic rings. The van der Waals surface area contributed by atoms with Crippen LogP contribution in [0.4, 0.5) is 13.2 Å². The average molecular weight is 391 g/mol. The number of fused-ring (bicyclic) bond motifs is 1. The summed E-state index contributed by atoms with van der Waals surface area (Å²) in [4.78, 5) is 26.6. The fourth-order valence-corrected chi connectivity index (χ4v) is 3.43. The highest BCUT2D eigenvalue weighted by molar-refractivity contribution is 5.95. The summed E-state index contributed by atoms with van der Waals surface area (Å²) in [6.45, 7) is 3.67. The molecular formula is C21H20F3NO3. The highest BCUT2D eigenvalue weighted by Crippen LogP contribution is 2.32. The molecule has 1 amide bonds. The summed E-state index contributed by atoms with van der Waals surface area (Å²) in [5.74, 6) is -0.988. The van der Waals surface area contributed by atoms with Crippen molar-refractivity contribution in [1.82, 2.24) is 4.90 Å². The zero-order chi connectivity index (χ0) is 20.5. The van der Waals surface area contributed by atoms with E-state index in [9.17, 15) is 22.8 Å². The number of nitrogens with zero attached hydrogens (tertiary/aromatic N) is 1. The maximum absolute atomic E-state index is 13.0. The first-order valence-corrected chi connectivity index (χ1v) is 8.99. The van der Waals surface area contributed by atoms with Crippen LogP contribution >= 0.6 is 0 Å². The first-order chi connectivity index (χ1) is 13.2. The lowest BCUT2D eigenvalue weighted by Crippen LogP contribution is -2.45. The van der Waals surface area contributed by atoms with E-state index in [0.29, 0.717) is 11.1 Å². The standard InChI is InChI=1S/C21H20F3NO3/c1-3-25(13(2)14-8-6-9-16(11-14)21(22,23)24)19(26)18-12-15-7-4-5-10-17(15)20(27)28-18/h4-11,13,18H,3,12H2,1-2H3. The van der Waals surface area contributed by atoms with Gasteiger partial charge in [-0.3, -0.25) is 4.79 Å². The van der Waals surface area contributed by atoms with Crippen LogP contribution in [0.5, 0.6) is 0 Å². The quantitative estimate of drug-likeness (QED) is 0.726. The summed E-state index contributed by atoms with van der Waals surface area (Å²) in [5.41, 5.74) is 0.756. The molecule has 0 spiro atoms. The van der Waals surface area contributed by atoms with E-state index >= 15 is 0 Å². The van der Waals surface area contributed by atoms with Gasteiger partial charge in [-0.1, -0.05) is 30.3 Å². The SMILES string of the molecule is CCN(C(=O)C1Cc2ccccc2C(=O)O1)C(C)c1cccc(C(F)(F)F)c1. The second-order valence-electron chi connectivity index (χ2n) is 6.68. The second-order valence-corrected chi connectivity index (χ2v) is 6.68. The highest BCUT2D eigenvalue weighted by Gasteiger charge is 2.36. The highest BCUT2D eigenvalue weighted by atomic mass is 19.4. The van der Waals surface area contributed by atoms with Gasteiger partial charge in [0, 0.05) is 13.0 Å². The molecule has 148 valence electrons. The Labute approximate surface area is 160 Å². The predicted molar refractivity (Wildman–Crippen MR) is 96.6 cm³/mol. The molecule has 1 heterocycles. The van der Waals surface area contributed by atoms with E-state index in [1.807, 2.05) is 0 Å². The summed E-state index contributed by atoms with van der Waals surface area (Å²) in [7, 11) is 0. The predicted octanol–water partition coefficient (Wildman–Crippen LogP) is 4.40. The van der Waals surface area contributed by atoms with E-state index in [0.717, 1.165) is 17.7 Å². The van der Waals surface area contributed by atoms with Gasteiger partial charge >= 0.3 is 12.1 Å². The average Bonchev–Trinajstić information content (AvgIpc) is 2.67. The Morgan fingerprint density at radius 1 is 1.21 bits per heavy atom. The van der Waals surface area contributed by atoms with Crippen molar-refractivity contribution in [2.45, 2.75) is 38.6 Å². The van der Waals surface area contributed by atoms with E-state index < -0.39 is 35.8 Å². The van der Waals surface area contributed by atoms with Gasteiger partial charge in [-0.05, 0) is 43.2 Å². The molecule has 0 saturated carbocycles. The molecule has 0 aliphatic carbocycles. The lowest BCUT2D eigenvalue weighted by atomic mass is 9.97. The molecule has 28 heavy (non-hydrogen) atoms. The Hall–Kier alpha value is -2.83. The van der Waals surface area contributed by atoms with Crippen molar-refractivity contribution in [2.75, 3.05) is 6.54 Å². The van der Waals surface area contributed by atoms with Gasteiger partial charge in [0.05, 0.1) is 17.2 Å². The third-order valence-corrected chi connectivity index (χ3v) is 4.95. The summed E-state index contributed by atoms with van der Waals surface area (Å²) in [6, 6.07) is 11.2. The van der Waals surface area contributed by atoms with Gasteiger partial charge in [0.25, 0.3) is 5.91 Å². The number of carbonyl (C=O) groups is 2. The van der Waals surface area contributed by atoms with Crippen LogP contribution in [0.2, 0.25) is 0 Å². The van der Waals surface area contributed by atoms with Gasteiger partial charge < -0.3 is 9.64 Å². The van der Waals surface area contributed by atoms with Gasteiger partial charge in [-0.2, -0.15) is 13.2 Å². The van der Waals surface area contributed by atoms with Gasteiger partial charge in [-0.25, -0.2) is 4.79 Å². The lowest BCUT2D eigenvalue weighted by Gasteiger charge is -2.33. The molecule has 0 aromatic heterocycles. The number of ether oxygens (including phenoxy) is 1. The number of rotatable bonds is 4. The van der Waals surface area contributed by atoms with Crippen LogP contribution in [0.15, 0.2) is 48.5 Å².